The molecule has 0 fully saturated rings. The lowest BCUT2D eigenvalue weighted by atomic mass is 10.0. The van der Waals surface area contributed by atoms with Gasteiger partial charge in [-0.05, 0) is 31.0 Å². The van der Waals surface area contributed by atoms with Gasteiger partial charge in [-0.1, -0.05) is 47.5 Å². The monoisotopic (exact) mass is 412 g/mol. The first kappa shape index (κ1) is 18.7. The topological polar surface area (TPSA) is 34.9 Å². The van der Waals surface area contributed by atoms with E-state index in [1.165, 1.54) is 12.1 Å². The third-order valence-corrected chi connectivity index (χ3v) is 5.27. The summed E-state index contributed by atoms with van der Waals surface area (Å²) < 4.78 is 16.0. The van der Waals surface area contributed by atoms with E-state index in [0.717, 1.165) is 28.5 Å². The van der Waals surface area contributed by atoms with E-state index < -0.39 is 5.82 Å². The van der Waals surface area contributed by atoms with Gasteiger partial charge in [-0.2, -0.15) is 0 Å². The highest BCUT2D eigenvalue weighted by molar-refractivity contribution is 6.37. The van der Waals surface area contributed by atoms with E-state index in [2.05, 4.69) is 4.98 Å². The van der Waals surface area contributed by atoms with Gasteiger partial charge in [0.25, 0.3) is 0 Å². The summed E-state index contributed by atoms with van der Waals surface area (Å²) in [6, 6.07) is 4.58. The number of rotatable bonds is 3. The van der Waals surface area contributed by atoms with E-state index in [-0.39, 0.29) is 10.6 Å². The highest BCUT2D eigenvalue weighted by Gasteiger charge is 2.19. The number of hydrogen-bond donors (Lipinski definition) is 0. The Morgan fingerprint density at radius 1 is 1.25 bits per heavy atom. The molecule has 140 valence electrons. The van der Waals surface area contributed by atoms with Crippen molar-refractivity contribution in [1.82, 2.24) is 9.55 Å². The van der Waals surface area contributed by atoms with E-state index in [4.69, 9.17) is 23.2 Å². The molecule has 0 amide bonds. The molecule has 2 aromatic heterocycles. The molecule has 0 radical (unpaired) electrons. The van der Waals surface area contributed by atoms with Crippen molar-refractivity contribution in [1.29, 1.82) is 0 Å². The summed E-state index contributed by atoms with van der Waals surface area (Å²) in [5.74, 6) is -0.639. The number of fused-ring (bicyclic) bond motifs is 1. The van der Waals surface area contributed by atoms with Crippen LogP contribution in [0.5, 0.6) is 0 Å². The van der Waals surface area contributed by atoms with Crippen LogP contribution in [0.25, 0.3) is 22.3 Å². The number of aryl methyl sites for hydroxylation is 1. The molecule has 0 spiro atoms. The number of aromatic nitrogens is 2. The second-order valence-corrected chi connectivity index (χ2v) is 7.35. The SMILES string of the molecule is Cc1cnc2c(c1)c(C1=CC=CCC=C1Cl)cn2-c1cc(F)c(C=O)cc1Cl. The van der Waals surface area contributed by atoms with Crippen molar-refractivity contribution < 1.29 is 9.18 Å². The summed E-state index contributed by atoms with van der Waals surface area (Å²) >= 11 is 12.9. The zero-order valence-corrected chi connectivity index (χ0v) is 16.4. The van der Waals surface area contributed by atoms with Crippen LogP contribution in [0.15, 0.2) is 59.9 Å². The molecule has 1 aliphatic rings. The Bertz CT molecular complexity index is 1200. The Morgan fingerprint density at radius 3 is 2.86 bits per heavy atom. The number of hydrogen-bond acceptors (Lipinski definition) is 2. The van der Waals surface area contributed by atoms with E-state index in [9.17, 15) is 9.18 Å². The number of pyridine rings is 1. The quantitative estimate of drug-likeness (QED) is 0.466. The molecule has 3 nitrogen and oxygen atoms in total. The van der Waals surface area contributed by atoms with Gasteiger partial charge >= 0.3 is 0 Å². The average Bonchev–Trinajstić information content (AvgIpc) is 2.89. The fraction of sp³-hybridized carbons (Fsp3) is 0.0909. The third-order valence-electron chi connectivity index (χ3n) is 4.61. The molecule has 0 N–H and O–H groups in total. The van der Waals surface area contributed by atoms with Gasteiger partial charge in [0.05, 0.1) is 16.3 Å². The van der Waals surface area contributed by atoms with Crippen molar-refractivity contribution in [3.63, 3.8) is 0 Å². The van der Waals surface area contributed by atoms with Gasteiger partial charge in [0.1, 0.15) is 11.5 Å². The number of aldehydes is 1. The third kappa shape index (κ3) is 3.19. The summed E-state index contributed by atoms with van der Waals surface area (Å²) in [7, 11) is 0. The smallest absolute Gasteiger partial charge is 0.153 e. The van der Waals surface area contributed by atoms with Crippen molar-refractivity contribution >= 4 is 46.1 Å². The van der Waals surface area contributed by atoms with E-state index in [0.29, 0.717) is 22.7 Å². The van der Waals surface area contributed by atoms with Crippen LogP contribution >= 0.6 is 23.2 Å². The van der Waals surface area contributed by atoms with Gasteiger partial charge in [0.15, 0.2) is 6.29 Å². The average molecular weight is 413 g/mol. The molecule has 2 heterocycles. The van der Waals surface area contributed by atoms with Crippen LogP contribution in [-0.4, -0.2) is 15.8 Å². The Balaban J connectivity index is 2.02. The lowest BCUT2D eigenvalue weighted by Gasteiger charge is -2.09. The zero-order valence-electron chi connectivity index (χ0n) is 14.9. The maximum absolute atomic E-state index is 14.3. The predicted molar refractivity (Wildman–Crippen MR) is 112 cm³/mol. The summed E-state index contributed by atoms with van der Waals surface area (Å²) in [6.07, 6.45) is 12.6. The molecule has 28 heavy (non-hydrogen) atoms. The van der Waals surface area contributed by atoms with Crippen molar-refractivity contribution in [2.24, 2.45) is 0 Å². The molecule has 0 saturated heterocycles. The van der Waals surface area contributed by atoms with Gasteiger partial charge < -0.3 is 0 Å². The van der Waals surface area contributed by atoms with Crippen LogP contribution in [0.3, 0.4) is 0 Å². The molecular weight excluding hydrogens is 398 g/mol. The highest BCUT2D eigenvalue weighted by atomic mass is 35.5. The second kappa shape index (κ2) is 7.38. The van der Waals surface area contributed by atoms with Crippen molar-refractivity contribution in [2.45, 2.75) is 13.3 Å². The molecule has 0 atom stereocenters. The number of nitrogens with zero attached hydrogens (tertiary/aromatic N) is 2. The normalized spacial score (nSPS) is 14.0. The predicted octanol–water partition coefficient (Wildman–Crippen LogP) is 6.40. The zero-order chi connectivity index (χ0) is 19.8. The van der Waals surface area contributed by atoms with Crippen molar-refractivity contribution in [3.8, 4) is 5.69 Å². The summed E-state index contributed by atoms with van der Waals surface area (Å²) in [5, 5.41) is 1.77. The van der Waals surface area contributed by atoms with Crippen LogP contribution in [0.1, 0.15) is 27.9 Å². The van der Waals surface area contributed by atoms with Gasteiger partial charge in [-0.3, -0.25) is 9.36 Å². The summed E-state index contributed by atoms with van der Waals surface area (Å²) in [6.45, 7) is 1.96. The Hall–Kier alpha value is -2.69. The number of carbonyl (C=O) groups is 1. The minimum Gasteiger partial charge on any atom is -0.299 e. The van der Waals surface area contributed by atoms with Crippen LogP contribution in [-0.2, 0) is 0 Å². The minimum absolute atomic E-state index is 0.0863. The van der Waals surface area contributed by atoms with Crippen LogP contribution in [0, 0.1) is 12.7 Å². The van der Waals surface area contributed by atoms with E-state index in [1.54, 1.807) is 10.8 Å². The van der Waals surface area contributed by atoms with Crippen LogP contribution in [0.4, 0.5) is 4.39 Å². The number of benzene rings is 1. The maximum Gasteiger partial charge on any atom is 0.153 e. The van der Waals surface area contributed by atoms with Crippen molar-refractivity contribution in [2.75, 3.05) is 0 Å². The van der Waals surface area contributed by atoms with Gasteiger partial charge in [0, 0.05) is 40.0 Å². The molecule has 1 aromatic carbocycles. The van der Waals surface area contributed by atoms with Gasteiger partial charge in [0.2, 0.25) is 0 Å². The largest absolute Gasteiger partial charge is 0.299 e. The maximum atomic E-state index is 14.3. The van der Waals surface area contributed by atoms with E-state index in [1.807, 2.05) is 43.5 Å². The fourth-order valence-corrected chi connectivity index (χ4v) is 3.78. The molecule has 0 unspecified atom stereocenters. The standard InChI is InChI=1S/C22H15Cl2FN2O/c1-13-7-16-17(15-5-3-2-4-6-18(15)23)11-27(22(16)26-10-13)21-9-20(25)14(12-28)8-19(21)24/h2-3,5-12H,4H2,1H3. The fourth-order valence-electron chi connectivity index (χ4n) is 3.26. The molecule has 1 aliphatic carbocycles. The summed E-state index contributed by atoms with van der Waals surface area (Å²) in [5.41, 5.74) is 3.66. The lowest BCUT2D eigenvalue weighted by Crippen LogP contribution is -1.98. The van der Waals surface area contributed by atoms with Crippen molar-refractivity contribution in [3.05, 3.63) is 87.5 Å². The highest BCUT2D eigenvalue weighted by Crippen LogP contribution is 2.37. The molecular formula is C22H15Cl2FN2O. The first-order valence-electron chi connectivity index (χ1n) is 8.65. The Morgan fingerprint density at radius 2 is 2.07 bits per heavy atom. The van der Waals surface area contributed by atoms with Crippen LogP contribution in [0.2, 0.25) is 5.02 Å². The first-order chi connectivity index (χ1) is 13.5. The Labute approximate surface area is 171 Å². The van der Waals surface area contributed by atoms with E-state index >= 15 is 0 Å². The first-order valence-corrected chi connectivity index (χ1v) is 9.40. The Kier molecular flexibility index (Phi) is 4.92. The molecule has 0 bridgehead atoms. The molecule has 4 rings (SSSR count). The number of allylic oxidation sites excluding steroid dienone is 6. The second-order valence-electron chi connectivity index (χ2n) is 6.54. The molecule has 0 aliphatic heterocycles. The number of carbonyl (C=O) groups excluding carboxylic acids is 1. The minimum atomic E-state index is -0.639. The van der Waals surface area contributed by atoms with Gasteiger partial charge in [-0.25, -0.2) is 9.37 Å². The molecule has 6 heteroatoms. The molecule has 3 aromatic rings. The number of halogens is 3. The lowest BCUT2D eigenvalue weighted by molar-refractivity contribution is 0.112. The summed E-state index contributed by atoms with van der Waals surface area (Å²) in [4.78, 5) is 15.5. The van der Waals surface area contributed by atoms with Gasteiger partial charge in [-0.15, -0.1) is 0 Å². The van der Waals surface area contributed by atoms with Crippen LogP contribution < -0.4 is 0 Å². The molecule has 0 saturated carbocycles.